The fourth-order valence-corrected chi connectivity index (χ4v) is 13.2. The normalized spacial score (nSPS) is 14.0. The van der Waals surface area contributed by atoms with Crippen molar-refractivity contribution >= 4 is 39.5 Å². The first-order chi connectivity index (χ1) is 45.9. The average molecular weight is 1400 g/mol. The third-order valence-electron chi connectivity index (χ3n) is 17.7. The van der Waals surface area contributed by atoms with Crippen LogP contribution in [0.3, 0.4) is 0 Å². The summed E-state index contributed by atoms with van der Waals surface area (Å²) in [6.45, 7) is 9.54. The lowest BCUT2D eigenvalue weighted by Gasteiger charge is -2.21. The Hall–Kier alpha value is -1.94. The van der Waals surface area contributed by atoms with Gasteiger partial charge < -0.3 is 33.8 Å². The highest BCUT2D eigenvalue weighted by molar-refractivity contribution is 7.47. The number of phosphoric ester groups is 2. The van der Waals surface area contributed by atoms with Crippen LogP contribution in [0, 0.1) is 11.8 Å². The summed E-state index contributed by atoms with van der Waals surface area (Å²) in [5.41, 5.74) is 0. The zero-order valence-corrected chi connectivity index (χ0v) is 63.8. The highest BCUT2D eigenvalue weighted by Gasteiger charge is 2.30. The summed E-state index contributed by atoms with van der Waals surface area (Å²) in [5.74, 6) is -0.653. The maximum absolute atomic E-state index is 13.1. The number of phosphoric acid groups is 2. The van der Waals surface area contributed by atoms with Gasteiger partial charge in [-0.15, -0.1) is 0 Å². The summed E-state index contributed by atoms with van der Waals surface area (Å²) in [4.78, 5) is 72.8. The molecule has 0 aliphatic carbocycles. The molecular weight excluding hydrogens is 1250 g/mol. The van der Waals surface area contributed by atoms with Crippen molar-refractivity contribution in [2.45, 2.75) is 413 Å². The molecule has 0 aromatic heterocycles. The number of hydrogen-bond donors (Lipinski definition) is 3. The molecular formula is C76H148O17P2. The molecule has 95 heavy (non-hydrogen) atoms. The average Bonchev–Trinajstić information content (AvgIpc) is 1.52. The molecule has 0 aliphatic heterocycles. The van der Waals surface area contributed by atoms with E-state index in [2.05, 4.69) is 41.5 Å². The third kappa shape index (κ3) is 70.3. The van der Waals surface area contributed by atoms with Crippen LogP contribution in [-0.4, -0.2) is 96.7 Å². The molecule has 0 heterocycles. The van der Waals surface area contributed by atoms with Crippen LogP contribution in [0.5, 0.6) is 0 Å². The van der Waals surface area contributed by atoms with E-state index in [1.807, 2.05) is 0 Å². The molecule has 0 aliphatic rings. The summed E-state index contributed by atoms with van der Waals surface area (Å²) in [7, 11) is -9.91. The Balaban J connectivity index is 5.24. The first kappa shape index (κ1) is 93.1. The number of hydrogen-bond acceptors (Lipinski definition) is 15. The van der Waals surface area contributed by atoms with E-state index in [4.69, 9.17) is 37.0 Å². The van der Waals surface area contributed by atoms with E-state index in [1.165, 1.54) is 212 Å². The number of carbonyl (C=O) groups is 4. The molecule has 19 heteroatoms. The molecule has 0 aromatic carbocycles. The number of esters is 4. The summed E-state index contributed by atoms with van der Waals surface area (Å²) >= 11 is 0. The zero-order chi connectivity index (χ0) is 70.0. The first-order valence-electron chi connectivity index (χ1n) is 39.5. The van der Waals surface area contributed by atoms with Crippen molar-refractivity contribution in [1.29, 1.82) is 0 Å². The second-order valence-corrected chi connectivity index (χ2v) is 31.3. The molecule has 0 aromatic rings. The number of carbonyl (C=O) groups excluding carboxylic acids is 4. The van der Waals surface area contributed by atoms with Crippen molar-refractivity contribution in [1.82, 2.24) is 0 Å². The van der Waals surface area contributed by atoms with E-state index in [-0.39, 0.29) is 25.7 Å². The van der Waals surface area contributed by atoms with E-state index in [0.29, 0.717) is 25.7 Å². The largest absolute Gasteiger partial charge is 0.472 e. The number of rotatable bonds is 75. The van der Waals surface area contributed by atoms with Crippen LogP contribution in [0.25, 0.3) is 0 Å². The lowest BCUT2D eigenvalue weighted by atomic mass is 10.0. The first-order valence-corrected chi connectivity index (χ1v) is 42.5. The van der Waals surface area contributed by atoms with Crippen LogP contribution < -0.4 is 0 Å². The number of unbranched alkanes of at least 4 members (excludes halogenated alkanes) is 45. The van der Waals surface area contributed by atoms with Crippen molar-refractivity contribution in [2.24, 2.45) is 11.8 Å². The van der Waals surface area contributed by atoms with Crippen molar-refractivity contribution in [3.63, 3.8) is 0 Å². The van der Waals surface area contributed by atoms with Crippen LogP contribution in [0.15, 0.2) is 0 Å². The lowest BCUT2D eigenvalue weighted by Crippen LogP contribution is -2.30. The maximum atomic E-state index is 13.1. The Morgan fingerprint density at radius 1 is 0.284 bits per heavy atom. The molecule has 5 atom stereocenters. The summed E-state index contributed by atoms with van der Waals surface area (Å²) in [5, 5.41) is 10.6. The summed E-state index contributed by atoms with van der Waals surface area (Å²) in [6.07, 6.45) is 55.5. The second-order valence-electron chi connectivity index (χ2n) is 28.3. The van der Waals surface area contributed by atoms with Crippen LogP contribution in [0.4, 0.5) is 0 Å². The Bertz CT molecular complexity index is 1840. The molecule has 0 bridgehead atoms. The van der Waals surface area contributed by atoms with Gasteiger partial charge in [0.2, 0.25) is 0 Å². The van der Waals surface area contributed by atoms with Crippen LogP contribution in [0.1, 0.15) is 395 Å². The maximum Gasteiger partial charge on any atom is 0.472 e. The quantitative estimate of drug-likeness (QED) is 0.0222. The summed E-state index contributed by atoms with van der Waals surface area (Å²) < 4.78 is 68.5. The topological polar surface area (TPSA) is 237 Å². The van der Waals surface area contributed by atoms with Gasteiger partial charge in [-0.1, -0.05) is 343 Å². The molecule has 0 amide bonds. The Morgan fingerprint density at radius 2 is 0.484 bits per heavy atom. The minimum Gasteiger partial charge on any atom is -0.462 e. The van der Waals surface area contributed by atoms with Crippen molar-refractivity contribution in [3.8, 4) is 0 Å². The second kappa shape index (κ2) is 67.9. The monoisotopic (exact) mass is 1400 g/mol. The fourth-order valence-electron chi connectivity index (χ4n) is 11.7. The minimum atomic E-state index is -4.96. The van der Waals surface area contributed by atoms with Gasteiger partial charge in [0.1, 0.15) is 19.3 Å². The Morgan fingerprint density at radius 3 is 0.716 bits per heavy atom. The van der Waals surface area contributed by atoms with Crippen LogP contribution in [-0.2, 0) is 65.4 Å². The highest BCUT2D eigenvalue weighted by atomic mass is 31.2. The van der Waals surface area contributed by atoms with Crippen molar-refractivity contribution in [2.75, 3.05) is 39.6 Å². The van der Waals surface area contributed by atoms with Gasteiger partial charge in [0.15, 0.2) is 12.2 Å². The highest BCUT2D eigenvalue weighted by Crippen LogP contribution is 2.45. The van der Waals surface area contributed by atoms with E-state index >= 15 is 0 Å². The van der Waals surface area contributed by atoms with Gasteiger partial charge in [-0.2, -0.15) is 0 Å². The number of aliphatic hydroxyl groups is 1. The zero-order valence-electron chi connectivity index (χ0n) is 62.0. The molecule has 0 saturated carbocycles. The molecule has 0 rings (SSSR count). The van der Waals surface area contributed by atoms with E-state index in [9.17, 15) is 43.2 Å². The van der Waals surface area contributed by atoms with E-state index in [0.717, 1.165) is 102 Å². The van der Waals surface area contributed by atoms with E-state index in [1.54, 1.807) is 0 Å². The van der Waals surface area contributed by atoms with Crippen LogP contribution >= 0.6 is 15.6 Å². The van der Waals surface area contributed by atoms with Gasteiger partial charge >= 0.3 is 39.5 Å². The SMILES string of the molecule is CCCCCCCCCCCCCCCCCCCCC(=O)O[C@H](COC(=O)CCCCCCCCCCCCCCCC)COP(=O)(O)OC[C@@H](O)COP(=O)(O)OC[C@@H](COC(=O)CCCCCCCCCCC(C)C)OC(=O)CCCCCCCCCCCC(C)C. The molecule has 17 nitrogen and oxygen atoms in total. The molecule has 0 saturated heterocycles. The van der Waals surface area contributed by atoms with E-state index < -0.39 is 97.5 Å². The summed E-state index contributed by atoms with van der Waals surface area (Å²) in [6, 6.07) is 0. The molecule has 0 radical (unpaired) electrons. The molecule has 3 N–H and O–H groups in total. The number of aliphatic hydroxyl groups excluding tert-OH is 1. The smallest absolute Gasteiger partial charge is 0.462 e. The van der Waals surface area contributed by atoms with Gasteiger partial charge in [-0.3, -0.25) is 37.3 Å². The fraction of sp³-hybridized carbons (Fsp3) is 0.947. The van der Waals surface area contributed by atoms with Crippen molar-refractivity contribution < 1.29 is 80.2 Å². The minimum absolute atomic E-state index is 0.105. The molecule has 2 unspecified atom stereocenters. The lowest BCUT2D eigenvalue weighted by molar-refractivity contribution is -0.161. The van der Waals surface area contributed by atoms with Crippen LogP contribution in [0.2, 0.25) is 0 Å². The third-order valence-corrected chi connectivity index (χ3v) is 19.6. The molecule has 564 valence electrons. The standard InChI is InChI=1S/C76H148O17P2/c1-7-9-11-13-15-17-19-21-23-24-25-26-28-30-34-42-48-54-60-75(80)92-71(64-86-73(78)58-52-46-40-33-29-27-22-20-18-16-14-12-10-8-2)66-90-94(82,83)88-62-70(77)63-89-95(84,85)91-67-72(65-87-74(79)59-53-47-41-37-36-39-45-51-57-69(5)6)93-76(81)61-55-49-43-35-31-32-38-44-50-56-68(3)4/h68-72,77H,7-67H2,1-6H3,(H,82,83)(H,84,85)/t70-,71-,72-/m1/s1. The van der Waals surface area contributed by atoms with Gasteiger partial charge in [-0.25, -0.2) is 9.13 Å². The van der Waals surface area contributed by atoms with Gasteiger partial charge in [0.05, 0.1) is 26.4 Å². The van der Waals surface area contributed by atoms with Gasteiger partial charge in [-0.05, 0) is 37.5 Å². The van der Waals surface area contributed by atoms with Gasteiger partial charge in [0, 0.05) is 25.7 Å². The predicted octanol–water partition coefficient (Wildman–Crippen LogP) is 22.3. The predicted molar refractivity (Wildman–Crippen MR) is 386 cm³/mol. The molecule has 0 fully saturated rings. The molecule has 0 spiro atoms. The van der Waals surface area contributed by atoms with Gasteiger partial charge in [0.25, 0.3) is 0 Å². The number of ether oxygens (including phenoxy) is 4. The Labute approximate surface area is 581 Å². The van der Waals surface area contributed by atoms with Crippen molar-refractivity contribution in [3.05, 3.63) is 0 Å². The Kier molecular flexibility index (Phi) is 66.5.